The van der Waals surface area contributed by atoms with Gasteiger partial charge in [0.1, 0.15) is 4.34 Å². The molecule has 3 heterocycles. The molecule has 0 unspecified atom stereocenters. The SMILES string of the molecule is O=C(Nc1ncc(Cl)s1)[C@@H](CC1CCOCC1)c1c(S(=O)(=O)C2CC2)c(Cl)c[nH]c1=O. The molecule has 168 valence electrons. The standard InChI is InChI=1S/C19H21Cl2N3O5S2/c20-13-8-22-18(26)15(16(13)31(27,28)11-1-2-11)12(7-10-3-5-29-6-4-10)17(25)24-19-23-9-14(21)30-19/h8-12H,1-7H2,(H,22,26)(H,23,24,25)/t12-/m0/s1. The molecule has 2 aromatic rings. The molecule has 1 amide bonds. The Balaban J connectivity index is 1.78. The molecule has 2 aliphatic rings. The quantitative estimate of drug-likeness (QED) is 0.593. The third kappa shape index (κ3) is 4.98. The number of pyridine rings is 1. The van der Waals surface area contributed by atoms with Gasteiger partial charge in [0.15, 0.2) is 15.0 Å². The Morgan fingerprint density at radius 3 is 2.61 bits per heavy atom. The van der Waals surface area contributed by atoms with E-state index in [2.05, 4.69) is 15.3 Å². The van der Waals surface area contributed by atoms with Crippen molar-refractivity contribution in [3.05, 3.63) is 37.7 Å². The number of anilines is 1. The number of sulfone groups is 1. The summed E-state index contributed by atoms with van der Waals surface area (Å²) in [6.07, 6.45) is 5.34. The molecule has 4 rings (SSSR count). The van der Waals surface area contributed by atoms with Gasteiger partial charge in [0.25, 0.3) is 5.56 Å². The third-order valence-corrected chi connectivity index (χ3v) is 9.36. The van der Waals surface area contributed by atoms with Crippen molar-refractivity contribution in [2.45, 2.75) is 48.2 Å². The normalized spacial score (nSPS) is 18.6. The Morgan fingerprint density at radius 1 is 1.29 bits per heavy atom. The predicted molar refractivity (Wildman–Crippen MR) is 119 cm³/mol. The van der Waals surface area contributed by atoms with E-state index in [4.69, 9.17) is 27.9 Å². The van der Waals surface area contributed by atoms with Crippen molar-refractivity contribution in [2.75, 3.05) is 18.5 Å². The largest absolute Gasteiger partial charge is 0.381 e. The van der Waals surface area contributed by atoms with Gasteiger partial charge in [-0.05, 0) is 38.0 Å². The van der Waals surface area contributed by atoms with Crippen molar-refractivity contribution in [2.24, 2.45) is 5.92 Å². The van der Waals surface area contributed by atoms with E-state index in [0.717, 1.165) is 24.2 Å². The number of carbonyl (C=O) groups is 1. The Bertz CT molecular complexity index is 1140. The number of aromatic nitrogens is 2. The summed E-state index contributed by atoms with van der Waals surface area (Å²) in [6.45, 7) is 1.11. The molecule has 31 heavy (non-hydrogen) atoms. The number of rotatable bonds is 7. The topological polar surface area (TPSA) is 118 Å². The van der Waals surface area contributed by atoms with Gasteiger partial charge in [-0.2, -0.15) is 0 Å². The summed E-state index contributed by atoms with van der Waals surface area (Å²) in [7, 11) is -3.83. The van der Waals surface area contributed by atoms with E-state index in [-0.39, 0.29) is 26.5 Å². The molecule has 0 spiro atoms. The van der Waals surface area contributed by atoms with E-state index in [1.54, 1.807) is 0 Å². The van der Waals surface area contributed by atoms with Crippen LogP contribution in [-0.2, 0) is 19.4 Å². The van der Waals surface area contributed by atoms with Crippen LogP contribution in [0.15, 0.2) is 22.1 Å². The van der Waals surface area contributed by atoms with Crippen molar-refractivity contribution in [3.63, 3.8) is 0 Å². The zero-order valence-corrected chi connectivity index (χ0v) is 19.5. The molecule has 0 radical (unpaired) electrons. The van der Waals surface area contributed by atoms with E-state index in [1.807, 2.05) is 0 Å². The molecular formula is C19H21Cl2N3O5S2. The summed E-state index contributed by atoms with van der Waals surface area (Å²) in [5.41, 5.74) is -0.737. The number of nitrogens with one attached hydrogen (secondary N) is 2. The van der Waals surface area contributed by atoms with Crippen molar-refractivity contribution < 1.29 is 17.9 Å². The number of nitrogens with zero attached hydrogens (tertiary/aromatic N) is 1. The fraction of sp³-hybridized carbons (Fsp3) is 0.526. The van der Waals surface area contributed by atoms with Crippen molar-refractivity contribution in [3.8, 4) is 0 Å². The van der Waals surface area contributed by atoms with Crippen molar-refractivity contribution in [1.82, 2.24) is 9.97 Å². The number of ether oxygens (including phenoxy) is 1. The van der Waals surface area contributed by atoms with Gasteiger partial charge in [-0.15, -0.1) is 0 Å². The molecule has 1 saturated heterocycles. The Morgan fingerprint density at radius 2 is 2.00 bits per heavy atom. The van der Waals surface area contributed by atoms with Crippen molar-refractivity contribution in [1.29, 1.82) is 0 Å². The zero-order chi connectivity index (χ0) is 22.2. The minimum Gasteiger partial charge on any atom is -0.381 e. The monoisotopic (exact) mass is 505 g/mol. The van der Waals surface area contributed by atoms with E-state index < -0.39 is 32.5 Å². The Kier molecular flexibility index (Phi) is 6.73. The molecular weight excluding hydrogens is 485 g/mol. The molecule has 1 atom stereocenters. The van der Waals surface area contributed by atoms with Crippen LogP contribution < -0.4 is 10.9 Å². The van der Waals surface area contributed by atoms with Crippen LogP contribution in [0.25, 0.3) is 0 Å². The number of amides is 1. The minimum absolute atomic E-state index is 0.0800. The molecule has 2 fully saturated rings. The maximum absolute atomic E-state index is 13.3. The first-order valence-corrected chi connectivity index (χ1v) is 13.0. The number of carbonyl (C=O) groups excluding carboxylic acids is 1. The van der Waals surface area contributed by atoms with Gasteiger partial charge in [-0.3, -0.25) is 9.59 Å². The second-order valence-corrected chi connectivity index (χ2v) is 12.0. The molecule has 8 nitrogen and oxygen atoms in total. The number of thiazole rings is 1. The second-order valence-electron chi connectivity index (χ2n) is 7.76. The lowest BCUT2D eigenvalue weighted by Crippen LogP contribution is -2.32. The van der Waals surface area contributed by atoms with Gasteiger partial charge in [0, 0.05) is 25.0 Å². The van der Waals surface area contributed by atoms with Gasteiger partial charge in [0.05, 0.1) is 27.3 Å². The smallest absolute Gasteiger partial charge is 0.253 e. The highest BCUT2D eigenvalue weighted by molar-refractivity contribution is 7.92. The predicted octanol–water partition coefficient (Wildman–Crippen LogP) is 3.61. The molecule has 1 saturated carbocycles. The average molecular weight is 506 g/mol. The van der Waals surface area contributed by atoms with E-state index >= 15 is 0 Å². The average Bonchev–Trinajstić information content (AvgIpc) is 3.52. The number of halogens is 2. The summed E-state index contributed by atoms with van der Waals surface area (Å²) in [5, 5.41) is 2.30. The first-order valence-electron chi connectivity index (χ1n) is 9.92. The molecule has 2 aromatic heterocycles. The highest BCUT2D eigenvalue weighted by Crippen LogP contribution is 2.41. The zero-order valence-electron chi connectivity index (χ0n) is 16.4. The van der Waals surface area contributed by atoms with E-state index in [0.29, 0.717) is 36.8 Å². The first-order chi connectivity index (χ1) is 14.8. The second kappa shape index (κ2) is 9.19. The van der Waals surface area contributed by atoms with Crippen LogP contribution in [0, 0.1) is 5.92 Å². The Labute approximate surface area is 193 Å². The molecule has 1 aliphatic heterocycles. The molecule has 0 bridgehead atoms. The summed E-state index contributed by atoms with van der Waals surface area (Å²) in [6, 6.07) is 0. The lowest BCUT2D eigenvalue weighted by Gasteiger charge is -2.27. The lowest BCUT2D eigenvalue weighted by molar-refractivity contribution is -0.118. The van der Waals surface area contributed by atoms with Crippen LogP contribution in [0.5, 0.6) is 0 Å². The van der Waals surface area contributed by atoms with Crippen LogP contribution in [0.2, 0.25) is 9.36 Å². The summed E-state index contributed by atoms with van der Waals surface area (Å²) in [5.74, 6) is -1.44. The van der Waals surface area contributed by atoms with E-state index in [9.17, 15) is 18.0 Å². The summed E-state index contributed by atoms with van der Waals surface area (Å²) < 4.78 is 32.1. The van der Waals surface area contributed by atoms with Crippen LogP contribution >= 0.6 is 34.5 Å². The maximum Gasteiger partial charge on any atom is 0.253 e. The van der Waals surface area contributed by atoms with Gasteiger partial charge in [0.2, 0.25) is 5.91 Å². The van der Waals surface area contributed by atoms with Crippen LogP contribution in [0.1, 0.15) is 43.6 Å². The van der Waals surface area contributed by atoms with Gasteiger partial charge < -0.3 is 15.0 Å². The molecule has 1 aliphatic carbocycles. The van der Waals surface area contributed by atoms with Gasteiger partial charge in [-0.1, -0.05) is 34.5 Å². The van der Waals surface area contributed by atoms with Crippen LogP contribution in [0.4, 0.5) is 5.13 Å². The summed E-state index contributed by atoms with van der Waals surface area (Å²) >= 11 is 13.3. The molecule has 2 N–H and O–H groups in total. The Hall–Kier alpha value is -1.46. The number of hydrogen-bond donors (Lipinski definition) is 2. The van der Waals surface area contributed by atoms with Gasteiger partial charge >= 0.3 is 0 Å². The highest BCUT2D eigenvalue weighted by Gasteiger charge is 2.42. The lowest BCUT2D eigenvalue weighted by atomic mass is 9.85. The van der Waals surface area contributed by atoms with E-state index in [1.165, 1.54) is 12.4 Å². The third-order valence-electron chi connectivity index (χ3n) is 5.57. The molecule has 12 heteroatoms. The first kappa shape index (κ1) is 22.7. The van der Waals surface area contributed by atoms with Crippen LogP contribution in [0.3, 0.4) is 0 Å². The highest BCUT2D eigenvalue weighted by atomic mass is 35.5. The molecule has 0 aromatic carbocycles. The summed E-state index contributed by atoms with van der Waals surface area (Å²) in [4.78, 5) is 32.5. The number of aromatic amines is 1. The van der Waals surface area contributed by atoms with Crippen molar-refractivity contribution >= 4 is 55.4 Å². The number of H-pyrrole nitrogens is 1. The fourth-order valence-corrected chi connectivity index (χ4v) is 7.09. The minimum atomic E-state index is -3.83. The van der Waals surface area contributed by atoms with Crippen LogP contribution in [-0.4, -0.2) is 42.8 Å². The fourth-order valence-electron chi connectivity index (χ4n) is 3.83. The maximum atomic E-state index is 13.3. The number of hydrogen-bond acceptors (Lipinski definition) is 7. The van der Waals surface area contributed by atoms with Gasteiger partial charge in [-0.25, -0.2) is 13.4 Å².